The quantitative estimate of drug-likeness (QED) is 0.828. The van der Waals surface area contributed by atoms with Gasteiger partial charge in [0.25, 0.3) is 10.0 Å². The maximum absolute atomic E-state index is 12.6. The zero-order valence-electron chi connectivity index (χ0n) is 13.5. The van der Waals surface area contributed by atoms with E-state index in [1.165, 1.54) is 21.7 Å². The average Bonchev–Trinajstić information content (AvgIpc) is 2.94. The van der Waals surface area contributed by atoms with E-state index in [4.69, 9.17) is 9.15 Å². The number of rotatable bonds is 4. The molecule has 2 aromatic heterocycles. The van der Waals surface area contributed by atoms with Crippen LogP contribution in [0, 0.1) is 13.8 Å². The van der Waals surface area contributed by atoms with E-state index in [-0.39, 0.29) is 6.10 Å². The van der Waals surface area contributed by atoms with Gasteiger partial charge in [-0.3, -0.25) is 0 Å². The highest BCUT2D eigenvalue weighted by Crippen LogP contribution is 2.27. The van der Waals surface area contributed by atoms with Crippen LogP contribution in [0.25, 0.3) is 0 Å². The third-order valence-electron chi connectivity index (χ3n) is 3.88. The Labute approximate surface area is 144 Å². The first-order valence-corrected chi connectivity index (χ1v) is 9.95. The van der Waals surface area contributed by atoms with Crippen molar-refractivity contribution in [2.24, 2.45) is 0 Å². The van der Waals surface area contributed by atoms with Crippen LogP contribution in [0.4, 0.5) is 0 Å². The van der Waals surface area contributed by atoms with Gasteiger partial charge in [-0.1, -0.05) is 0 Å². The predicted octanol–water partition coefficient (Wildman–Crippen LogP) is 2.55. The molecule has 0 radical (unpaired) electrons. The summed E-state index contributed by atoms with van der Waals surface area (Å²) in [6, 6.07) is 6.45. The molecule has 2 aromatic rings. The van der Waals surface area contributed by atoms with Crippen molar-refractivity contribution in [2.45, 2.75) is 37.0 Å². The van der Waals surface area contributed by atoms with Gasteiger partial charge >= 0.3 is 5.63 Å². The zero-order valence-corrected chi connectivity index (χ0v) is 15.2. The minimum Gasteiger partial charge on any atom is -0.490 e. The summed E-state index contributed by atoms with van der Waals surface area (Å²) in [6.45, 7) is 4.39. The molecule has 0 bridgehead atoms. The van der Waals surface area contributed by atoms with Crippen molar-refractivity contribution in [3.8, 4) is 5.75 Å². The second kappa shape index (κ2) is 6.70. The number of hydrogen-bond donors (Lipinski definition) is 0. The lowest BCUT2D eigenvalue weighted by Gasteiger charge is -2.31. The van der Waals surface area contributed by atoms with Crippen molar-refractivity contribution >= 4 is 21.4 Å². The molecule has 0 aromatic carbocycles. The molecule has 0 atom stereocenters. The lowest BCUT2D eigenvalue weighted by atomic mass is 10.1. The summed E-state index contributed by atoms with van der Waals surface area (Å²) in [4.78, 5) is 12.3. The molecule has 0 spiro atoms. The summed E-state index contributed by atoms with van der Waals surface area (Å²) >= 11 is 1.29. The van der Waals surface area contributed by atoms with Gasteiger partial charge in [0.2, 0.25) is 0 Å². The first-order chi connectivity index (χ1) is 11.3. The van der Waals surface area contributed by atoms with E-state index in [1.807, 2.05) is 13.0 Å². The number of nitrogens with zero attached hydrogens (tertiary/aromatic N) is 1. The van der Waals surface area contributed by atoms with Crippen LogP contribution >= 0.6 is 11.3 Å². The smallest absolute Gasteiger partial charge is 0.339 e. The fraction of sp³-hybridized carbons (Fsp3) is 0.438. The van der Waals surface area contributed by atoms with Gasteiger partial charge in [-0.2, -0.15) is 4.31 Å². The molecule has 3 heterocycles. The van der Waals surface area contributed by atoms with E-state index in [0.29, 0.717) is 41.7 Å². The molecule has 0 amide bonds. The second-order valence-corrected chi connectivity index (χ2v) is 9.26. The Morgan fingerprint density at radius 1 is 1.21 bits per heavy atom. The molecule has 8 heteroatoms. The SMILES string of the molecule is Cc1cc(OC2CCN(S(=O)(=O)c3ccc(C)s3)CC2)cc(=O)o1. The molecular weight excluding hydrogens is 350 g/mol. The second-order valence-electron chi connectivity index (χ2n) is 5.81. The molecule has 1 aliphatic heterocycles. The molecule has 130 valence electrons. The van der Waals surface area contributed by atoms with Crippen molar-refractivity contribution in [2.75, 3.05) is 13.1 Å². The lowest BCUT2D eigenvalue weighted by Crippen LogP contribution is -2.41. The molecule has 1 fully saturated rings. The summed E-state index contributed by atoms with van der Waals surface area (Å²) in [5.74, 6) is 0.963. The van der Waals surface area contributed by atoms with Crippen molar-refractivity contribution < 1.29 is 17.6 Å². The van der Waals surface area contributed by atoms with E-state index in [9.17, 15) is 13.2 Å². The highest BCUT2D eigenvalue weighted by atomic mass is 32.2. The molecule has 0 N–H and O–H groups in total. The van der Waals surface area contributed by atoms with E-state index in [1.54, 1.807) is 19.1 Å². The Hall–Kier alpha value is -1.64. The Morgan fingerprint density at radius 3 is 2.50 bits per heavy atom. The fourth-order valence-electron chi connectivity index (χ4n) is 2.70. The van der Waals surface area contributed by atoms with Gasteiger partial charge in [0, 0.05) is 24.0 Å². The topological polar surface area (TPSA) is 76.8 Å². The molecule has 24 heavy (non-hydrogen) atoms. The Balaban J connectivity index is 1.64. The number of thiophene rings is 1. The largest absolute Gasteiger partial charge is 0.490 e. The van der Waals surface area contributed by atoms with Gasteiger partial charge in [-0.15, -0.1) is 11.3 Å². The van der Waals surface area contributed by atoms with Crippen molar-refractivity contribution in [3.63, 3.8) is 0 Å². The van der Waals surface area contributed by atoms with Gasteiger partial charge in [0.05, 0.1) is 6.07 Å². The van der Waals surface area contributed by atoms with E-state index >= 15 is 0 Å². The van der Waals surface area contributed by atoms with Crippen LogP contribution < -0.4 is 10.4 Å². The first kappa shape index (κ1) is 17.2. The Bertz CT molecular complexity index is 876. The van der Waals surface area contributed by atoms with Crippen LogP contribution in [0.2, 0.25) is 0 Å². The van der Waals surface area contributed by atoms with Gasteiger partial charge in [0.1, 0.15) is 21.8 Å². The number of ether oxygens (including phenoxy) is 1. The third kappa shape index (κ3) is 3.71. The van der Waals surface area contributed by atoms with Crippen molar-refractivity contribution in [3.05, 3.63) is 45.3 Å². The summed E-state index contributed by atoms with van der Waals surface area (Å²) < 4.78 is 37.8. The molecule has 1 saturated heterocycles. The lowest BCUT2D eigenvalue weighted by molar-refractivity contribution is 0.134. The van der Waals surface area contributed by atoms with Gasteiger partial charge in [0.15, 0.2) is 0 Å². The van der Waals surface area contributed by atoms with Crippen LogP contribution in [0.15, 0.2) is 37.7 Å². The van der Waals surface area contributed by atoms with E-state index < -0.39 is 15.6 Å². The maximum Gasteiger partial charge on any atom is 0.339 e. The average molecular weight is 369 g/mol. The van der Waals surface area contributed by atoms with Crippen LogP contribution in [-0.4, -0.2) is 31.9 Å². The summed E-state index contributed by atoms with van der Waals surface area (Å²) in [5.41, 5.74) is -0.446. The molecule has 0 saturated carbocycles. The predicted molar refractivity (Wildman–Crippen MR) is 91.2 cm³/mol. The normalized spacial score (nSPS) is 17.1. The minimum absolute atomic E-state index is 0.109. The van der Waals surface area contributed by atoms with Crippen molar-refractivity contribution in [1.29, 1.82) is 0 Å². The molecular formula is C16H19NO5S2. The fourth-order valence-corrected chi connectivity index (χ4v) is 5.61. The van der Waals surface area contributed by atoms with Crippen molar-refractivity contribution in [1.82, 2.24) is 4.31 Å². The standard InChI is InChI=1S/C16H19NO5S2/c1-11-9-14(10-15(18)21-11)22-13-5-7-17(8-6-13)24(19,20)16-4-3-12(2)23-16/h3-4,9-10,13H,5-8H2,1-2H3. The highest BCUT2D eigenvalue weighted by molar-refractivity contribution is 7.91. The van der Waals surface area contributed by atoms with Crippen LogP contribution in [0.1, 0.15) is 23.5 Å². The molecule has 6 nitrogen and oxygen atoms in total. The van der Waals surface area contributed by atoms with Crippen LogP contribution in [-0.2, 0) is 10.0 Å². The first-order valence-electron chi connectivity index (χ1n) is 7.69. The number of piperidine rings is 1. The van der Waals surface area contributed by atoms with Gasteiger partial charge < -0.3 is 9.15 Å². The van der Waals surface area contributed by atoms with Gasteiger partial charge in [-0.05, 0) is 38.8 Å². The van der Waals surface area contributed by atoms with E-state index in [0.717, 1.165) is 4.88 Å². The van der Waals surface area contributed by atoms with Crippen LogP contribution in [0.5, 0.6) is 5.75 Å². The van der Waals surface area contributed by atoms with Gasteiger partial charge in [-0.25, -0.2) is 13.2 Å². The van der Waals surface area contributed by atoms with E-state index in [2.05, 4.69) is 0 Å². The van der Waals surface area contributed by atoms with Crippen LogP contribution in [0.3, 0.4) is 0 Å². The molecule has 1 aliphatic rings. The molecule has 3 rings (SSSR count). The zero-order chi connectivity index (χ0) is 17.3. The number of sulfonamides is 1. The summed E-state index contributed by atoms with van der Waals surface area (Å²) in [5, 5.41) is 0. The number of hydrogen-bond acceptors (Lipinski definition) is 6. The highest BCUT2D eigenvalue weighted by Gasteiger charge is 2.31. The summed E-state index contributed by atoms with van der Waals surface area (Å²) in [6.07, 6.45) is 1.06. The maximum atomic E-state index is 12.6. The minimum atomic E-state index is -3.42. The molecule has 0 aliphatic carbocycles. The Morgan fingerprint density at radius 2 is 1.92 bits per heavy atom. The Kier molecular flexibility index (Phi) is 4.80. The monoisotopic (exact) mass is 369 g/mol. The number of aryl methyl sites for hydroxylation is 2. The summed E-state index contributed by atoms with van der Waals surface area (Å²) in [7, 11) is -3.42. The third-order valence-corrected chi connectivity index (χ3v) is 7.25. The molecule has 0 unspecified atom stereocenters.